The topological polar surface area (TPSA) is 93.0 Å². The van der Waals surface area contributed by atoms with Crippen molar-refractivity contribution in [3.05, 3.63) is 60.2 Å². The molecule has 7 nitrogen and oxygen atoms in total. The molecule has 1 aliphatic heterocycles. The summed E-state index contributed by atoms with van der Waals surface area (Å²) >= 11 is 0. The lowest BCUT2D eigenvalue weighted by atomic mass is 9.98. The number of ether oxygens (including phenoxy) is 1. The third-order valence-electron chi connectivity index (χ3n) is 4.80. The van der Waals surface area contributed by atoms with Crippen molar-refractivity contribution in [1.29, 1.82) is 5.41 Å². The molecule has 0 amide bonds. The van der Waals surface area contributed by atoms with E-state index in [-0.39, 0.29) is 0 Å². The van der Waals surface area contributed by atoms with E-state index in [1.165, 1.54) is 0 Å². The van der Waals surface area contributed by atoms with Gasteiger partial charge >= 0.3 is 0 Å². The predicted octanol–water partition coefficient (Wildman–Crippen LogP) is 2.32. The van der Waals surface area contributed by atoms with Gasteiger partial charge in [0.1, 0.15) is 5.82 Å². The molecule has 0 atom stereocenters. The summed E-state index contributed by atoms with van der Waals surface area (Å²) in [6.45, 7) is 3.01. The third kappa shape index (κ3) is 3.41. The van der Waals surface area contributed by atoms with Crippen molar-refractivity contribution in [2.45, 2.75) is 0 Å². The lowest BCUT2D eigenvalue weighted by molar-refractivity contribution is 0.122. The summed E-state index contributed by atoms with van der Waals surface area (Å²) in [4.78, 5) is 10.8. The van der Waals surface area contributed by atoms with E-state index in [0.29, 0.717) is 30.2 Å². The summed E-state index contributed by atoms with van der Waals surface area (Å²) in [6.07, 6.45) is 5.31. The van der Waals surface area contributed by atoms with Crippen molar-refractivity contribution >= 4 is 17.2 Å². The number of pyridine rings is 1. The largest absolute Gasteiger partial charge is 0.398 e. The van der Waals surface area contributed by atoms with Crippen LogP contribution in [0.4, 0.5) is 11.5 Å². The van der Waals surface area contributed by atoms with Gasteiger partial charge in [0.25, 0.3) is 0 Å². The Labute approximate surface area is 157 Å². The Kier molecular flexibility index (Phi) is 4.60. The smallest absolute Gasteiger partial charge is 0.129 e. The summed E-state index contributed by atoms with van der Waals surface area (Å²) in [6, 6.07) is 9.54. The number of hydrogen-bond acceptors (Lipinski definition) is 6. The Hall–Kier alpha value is -3.19. The Balaban J connectivity index is 1.67. The van der Waals surface area contributed by atoms with E-state index < -0.39 is 0 Å². The van der Waals surface area contributed by atoms with Crippen LogP contribution in [-0.4, -0.2) is 46.6 Å². The fraction of sp³-hybridized carbons (Fsp3) is 0.250. The van der Waals surface area contributed by atoms with Gasteiger partial charge in [-0.3, -0.25) is 5.41 Å². The SMILES string of the molecule is Cn1cncc1-c1ccc(N)c(C(=N)c2ccnc(N3CCOCC3)c2)c1. The zero-order chi connectivity index (χ0) is 18.8. The molecule has 0 aliphatic carbocycles. The average Bonchev–Trinajstić information content (AvgIpc) is 3.14. The second-order valence-electron chi connectivity index (χ2n) is 6.57. The van der Waals surface area contributed by atoms with Crippen molar-refractivity contribution < 1.29 is 4.74 Å². The molecule has 3 aromatic rings. The zero-order valence-electron chi connectivity index (χ0n) is 15.2. The molecule has 0 spiro atoms. The van der Waals surface area contributed by atoms with Crippen LogP contribution in [0.15, 0.2) is 49.1 Å². The van der Waals surface area contributed by atoms with Crippen LogP contribution in [0.1, 0.15) is 11.1 Å². The number of anilines is 2. The monoisotopic (exact) mass is 362 g/mol. The van der Waals surface area contributed by atoms with E-state index in [1.54, 1.807) is 12.5 Å². The average molecular weight is 362 g/mol. The number of nitrogen functional groups attached to an aromatic ring is 1. The fourth-order valence-corrected chi connectivity index (χ4v) is 3.26. The number of aromatic nitrogens is 3. The van der Waals surface area contributed by atoms with Crippen molar-refractivity contribution in [1.82, 2.24) is 14.5 Å². The van der Waals surface area contributed by atoms with Gasteiger partial charge in [-0.2, -0.15) is 0 Å². The molecule has 4 rings (SSSR count). The second kappa shape index (κ2) is 7.20. The summed E-state index contributed by atoms with van der Waals surface area (Å²) in [5.74, 6) is 0.863. The molecule has 3 heterocycles. The molecule has 1 aromatic carbocycles. The molecule has 138 valence electrons. The summed E-state index contributed by atoms with van der Waals surface area (Å²) in [7, 11) is 1.95. The van der Waals surface area contributed by atoms with E-state index in [4.69, 9.17) is 15.9 Å². The van der Waals surface area contributed by atoms with Crippen LogP contribution in [0.3, 0.4) is 0 Å². The molecule has 1 aliphatic rings. The van der Waals surface area contributed by atoms with E-state index in [9.17, 15) is 0 Å². The quantitative estimate of drug-likeness (QED) is 0.549. The number of nitrogens with two attached hydrogens (primary N) is 1. The molecule has 0 saturated carbocycles. The minimum absolute atomic E-state index is 0.383. The van der Waals surface area contributed by atoms with Gasteiger partial charge in [0.05, 0.1) is 37.1 Å². The van der Waals surface area contributed by atoms with Crippen LogP contribution in [-0.2, 0) is 11.8 Å². The normalized spacial score (nSPS) is 14.3. The minimum Gasteiger partial charge on any atom is -0.398 e. The third-order valence-corrected chi connectivity index (χ3v) is 4.80. The lowest BCUT2D eigenvalue weighted by Gasteiger charge is -2.28. The van der Waals surface area contributed by atoms with Gasteiger partial charge in [-0.15, -0.1) is 0 Å². The molecular weight excluding hydrogens is 340 g/mol. The van der Waals surface area contributed by atoms with E-state index >= 15 is 0 Å². The number of hydrogen-bond donors (Lipinski definition) is 2. The number of imidazole rings is 1. The standard InChI is InChI=1S/C20H22N6O/c1-25-13-23-12-18(25)14-2-3-17(21)16(10-14)20(22)15-4-5-24-19(11-15)26-6-8-27-9-7-26/h2-5,10-13,22H,6-9,21H2,1H3. The van der Waals surface area contributed by atoms with Gasteiger partial charge in [0.2, 0.25) is 0 Å². The molecule has 3 N–H and O–H groups in total. The van der Waals surface area contributed by atoms with Crippen LogP contribution in [0.25, 0.3) is 11.3 Å². The van der Waals surface area contributed by atoms with E-state index in [0.717, 1.165) is 35.7 Å². The molecular formula is C20H22N6O. The Morgan fingerprint density at radius 1 is 1.19 bits per heavy atom. The van der Waals surface area contributed by atoms with Gasteiger partial charge in [-0.25, -0.2) is 9.97 Å². The fourth-order valence-electron chi connectivity index (χ4n) is 3.26. The highest BCUT2D eigenvalue weighted by Gasteiger charge is 2.16. The zero-order valence-corrected chi connectivity index (χ0v) is 15.2. The first-order chi connectivity index (χ1) is 13.1. The number of aryl methyl sites for hydroxylation is 1. The van der Waals surface area contributed by atoms with Crippen molar-refractivity contribution in [2.24, 2.45) is 7.05 Å². The van der Waals surface area contributed by atoms with Gasteiger partial charge < -0.3 is 19.9 Å². The maximum atomic E-state index is 8.72. The van der Waals surface area contributed by atoms with Crippen molar-refractivity contribution in [3.63, 3.8) is 0 Å². The number of rotatable bonds is 4. The number of benzene rings is 1. The van der Waals surface area contributed by atoms with Crippen LogP contribution >= 0.6 is 0 Å². The van der Waals surface area contributed by atoms with Crippen molar-refractivity contribution in [3.8, 4) is 11.3 Å². The first-order valence-electron chi connectivity index (χ1n) is 8.88. The Bertz CT molecular complexity index is 974. The lowest BCUT2D eigenvalue weighted by Crippen LogP contribution is -2.36. The molecule has 1 fully saturated rings. The highest BCUT2D eigenvalue weighted by molar-refractivity contribution is 6.14. The minimum atomic E-state index is 0.383. The molecule has 0 bridgehead atoms. The summed E-state index contributed by atoms with van der Waals surface area (Å²) < 4.78 is 7.35. The Morgan fingerprint density at radius 2 is 2.00 bits per heavy atom. The maximum absolute atomic E-state index is 8.72. The van der Waals surface area contributed by atoms with E-state index in [1.807, 2.05) is 48.1 Å². The summed E-state index contributed by atoms with van der Waals surface area (Å²) in [5, 5.41) is 8.72. The van der Waals surface area contributed by atoms with Gasteiger partial charge in [0.15, 0.2) is 0 Å². The Morgan fingerprint density at radius 3 is 2.74 bits per heavy atom. The van der Waals surface area contributed by atoms with E-state index in [2.05, 4.69) is 14.9 Å². The first-order valence-corrected chi connectivity index (χ1v) is 8.88. The summed E-state index contributed by atoms with van der Waals surface area (Å²) in [5.41, 5.74) is 10.6. The van der Waals surface area contributed by atoms with Crippen LogP contribution in [0.2, 0.25) is 0 Å². The van der Waals surface area contributed by atoms with Gasteiger partial charge in [0, 0.05) is 48.7 Å². The number of nitrogens with zero attached hydrogens (tertiary/aromatic N) is 4. The molecule has 27 heavy (non-hydrogen) atoms. The highest BCUT2D eigenvalue weighted by Crippen LogP contribution is 2.26. The molecule has 0 radical (unpaired) electrons. The predicted molar refractivity (Wildman–Crippen MR) is 106 cm³/mol. The van der Waals surface area contributed by atoms with Crippen molar-refractivity contribution in [2.75, 3.05) is 36.9 Å². The number of morpholine rings is 1. The molecule has 7 heteroatoms. The molecule has 2 aromatic heterocycles. The van der Waals surface area contributed by atoms with Crippen LogP contribution in [0.5, 0.6) is 0 Å². The van der Waals surface area contributed by atoms with Gasteiger partial charge in [-0.1, -0.05) is 6.07 Å². The highest BCUT2D eigenvalue weighted by atomic mass is 16.5. The second-order valence-corrected chi connectivity index (χ2v) is 6.57. The molecule has 0 unspecified atom stereocenters. The van der Waals surface area contributed by atoms with Crippen LogP contribution < -0.4 is 10.6 Å². The van der Waals surface area contributed by atoms with Crippen LogP contribution in [0, 0.1) is 5.41 Å². The van der Waals surface area contributed by atoms with Gasteiger partial charge in [-0.05, 0) is 24.3 Å². The number of nitrogens with one attached hydrogen (secondary N) is 1. The molecule has 1 saturated heterocycles. The maximum Gasteiger partial charge on any atom is 0.129 e. The first kappa shape index (κ1) is 17.2.